The minimum atomic E-state index is -3.04. The maximum Gasteiger partial charge on any atom is 0.336 e. The number of hydrogen-bond donors (Lipinski definition) is 1. The Hall–Kier alpha value is -1.21. The molecule has 5 nitrogen and oxygen atoms in total. The molecule has 0 saturated heterocycles. The third kappa shape index (κ3) is 4.58. The second kappa shape index (κ2) is 6.10. The van der Waals surface area contributed by atoms with Crippen LogP contribution in [0, 0.1) is 0 Å². The number of benzene rings is 1. The number of carboxylic acids is 1. The summed E-state index contributed by atoms with van der Waals surface area (Å²) in [5.41, 5.74) is 0.148. The number of methoxy groups -OCH3 is 1. The first-order valence-electron chi connectivity index (χ1n) is 5.05. The zero-order chi connectivity index (χ0) is 13.8. The van der Waals surface area contributed by atoms with E-state index in [2.05, 4.69) is 0 Å². The lowest BCUT2D eigenvalue weighted by atomic mass is 10.2. The van der Waals surface area contributed by atoms with Crippen molar-refractivity contribution >= 4 is 27.6 Å². The predicted octanol–water partition coefficient (Wildman–Crippen LogP) is 1.53. The van der Waals surface area contributed by atoms with Crippen LogP contribution in [0.15, 0.2) is 23.1 Å². The molecular weight excluding hydrogens is 276 g/mol. The molecule has 0 amide bonds. The second-order valence-corrected chi connectivity index (χ2v) is 7.04. The van der Waals surface area contributed by atoms with Crippen molar-refractivity contribution in [3.8, 4) is 5.75 Å². The summed E-state index contributed by atoms with van der Waals surface area (Å²) in [7, 11) is -1.56. The van der Waals surface area contributed by atoms with Crippen LogP contribution in [0.1, 0.15) is 10.4 Å². The first-order valence-corrected chi connectivity index (χ1v) is 8.10. The van der Waals surface area contributed by atoms with Crippen molar-refractivity contribution in [3.05, 3.63) is 23.8 Å². The molecule has 1 rings (SSSR count). The van der Waals surface area contributed by atoms with Gasteiger partial charge in [-0.15, -0.1) is 11.8 Å². The lowest BCUT2D eigenvalue weighted by Crippen LogP contribution is -2.06. The summed E-state index contributed by atoms with van der Waals surface area (Å²) in [6, 6.07) is 4.60. The van der Waals surface area contributed by atoms with Crippen LogP contribution >= 0.6 is 11.8 Å². The Balaban J connectivity index is 2.87. The van der Waals surface area contributed by atoms with E-state index in [9.17, 15) is 13.2 Å². The normalized spacial score (nSPS) is 11.2. The smallest absolute Gasteiger partial charge is 0.336 e. The van der Waals surface area contributed by atoms with Crippen LogP contribution in [0.4, 0.5) is 0 Å². The molecule has 0 radical (unpaired) electrons. The average molecular weight is 290 g/mol. The predicted molar refractivity (Wildman–Crippen MR) is 70.4 cm³/mol. The largest absolute Gasteiger partial charge is 0.497 e. The molecule has 0 atom stereocenters. The van der Waals surface area contributed by atoms with Gasteiger partial charge in [-0.05, 0) is 18.2 Å². The highest BCUT2D eigenvalue weighted by molar-refractivity contribution is 8.00. The SMILES string of the molecule is COc1ccc(C(=O)O)c(SCCS(C)(=O)=O)c1. The van der Waals surface area contributed by atoms with Crippen molar-refractivity contribution in [2.75, 3.05) is 24.9 Å². The molecule has 100 valence electrons. The molecular formula is C11H14O5S2. The van der Waals surface area contributed by atoms with Crippen LogP contribution in [0.3, 0.4) is 0 Å². The number of carbonyl (C=O) groups is 1. The summed E-state index contributed by atoms with van der Waals surface area (Å²) in [6.45, 7) is 0. The molecule has 7 heteroatoms. The maximum atomic E-state index is 11.0. The minimum absolute atomic E-state index is 0.00787. The number of sulfone groups is 1. The van der Waals surface area contributed by atoms with E-state index in [1.54, 1.807) is 12.1 Å². The van der Waals surface area contributed by atoms with Gasteiger partial charge in [-0.25, -0.2) is 13.2 Å². The van der Waals surface area contributed by atoms with Crippen LogP contribution in [0.5, 0.6) is 5.75 Å². The van der Waals surface area contributed by atoms with E-state index in [0.29, 0.717) is 16.4 Å². The van der Waals surface area contributed by atoms with E-state index in [1.807, 2.05) is 0 Å². The Morgan fingerprint density at radius 2 is 2.11 bits per heavy atom. The summed E-state index contributed by atoms with van der Waals surface area (Å²) >= 11 is 1.19. The highest BCUT2D eigenvalue weighted by Crippen LogP contribution is 2.27. The minimum Gasteiger partial charge on any atom is -0.497 e. The fourth-order valence-corrected chi connectivity index (χ4v) is 3.50. The van der Waals surface area contributed by atoms with Gasteiger partial charge in [0.05, 0.1) is 18.4 Å². The topological polar surface area (TPSA) is 80.7 Å². The zero-order valence-corrected chi connectivity index (χ0v) is 11.7. The third-order valence-corrected chi connectivity index (χ3v) is 4.39. The molecule has 0 heterocycles. The van der Waals surface area contributed by atoms with E-state index < -0.39 is 15.8 Å². The van der Waals surface area contributed by atoms with Gasteiger partial charge in [0, 0.05) is 16.9 Å². The highest BCUT2D eigenvalue weighted by atomic mass is 32.2. The third-order valence-electron chi connectivity index (χ3n) is 2.13. The van der Waals surface area contributed by atoms with Crippen LogP contribution in [-0.2, 0) is 9.84 Å². The number of carboxylic acid groups (broad SMARTS) is 1. The Morgan fingerprint density at radius 3 is 2.61 bits per heavy atom. The van der Waals surface area contributed by atoms with Gasteiger partial charge < -0.3 is 9.84 Å². The van der Waals surface area contributed by atoms with E-state index >= 15 is 0 Å². The molecule has 0 aliphatic heterocycles. The van der Waals surface area contributed by atoms with Gasteiger partial charge >= 0.3 is 5.97 Å². The molecule has 0 saturated carbocycles. The molecule has 0 aliphatic rings. The van der Waals surface area contributed by atoms with Crippen molar-refractivity contribution in [1.29, 1.82) is 0 Å². The standard InChI is InChI=1S/C11H14O5S2/c1-16-8-3-4-9(11(12)13)10(7-8)17-5-6-18(2,14)15/h3-4,7H,5-6H2,1-2H3,(H,12,13). The molecule has 1 aromatic rings. The van der Waals surface area contributed by atoms with Crippen molar-refractivity contribution in [2.24, 2.45) is 0 Å². The molecule has 18 heavy (non-hydrogen) atoms. The van der Waals surface area contributed by atoms with Crippen molar-refractivity contribution in [2.45, 2.75) is 4.90 Å². The second-order valence-electron chi connectivity index (χ2n) is 3.65. The Morgan fingerprint density at radius 1 is 1.44 bits per heavy atom. The number of aromatic carboxylic acids is 1. The van der Waals surface area contributed by atoms with Gasteiger partial charge in [-0.3, -0.25) is 0 Å². The molecule has 0 aliphatic carbocycles. The first kappa shape index (κ1) is 14.8. The monoisotopic (exact) mass is 290 g/mol. The van der Waals surface area contributed by atoms with E-state index in [0.717, 1.165) is 6.26 Å². The van der Waals surface area contributed by atoms with Crippen molar-refractivity contribution in [1.82, 2.24) is 0 Å². The van der Waals surface area contributed by atoms with Crippen LogP contribution in [0.2, 0.25) is 0 Å². The van der Waals surface area contributed by atoms with Crippen LogP contribution < -0.4 is 4.74 Å². The van der Waals surface area contributed by atoms with Gasteiger partial charge in [0.15, 0.2) is 0 Å². The molecule has 1 aromatic carbocycles. The maximum absolute atomic E-state index is 11.0. The summed E-state index contributed by atoms with van der Waals surface area (Å²) < 4.78 is 27.0. The summed E-state index contributed by atoms with van der Waals surface area (Å²) in [6.07, 6.45) is 1.15. The summed E-state index contributed by atoms with van der Waals surface area (Å²) in [5.74, 6) is -0.179. The molecule has 0 fully saturated rings. The first-order chi connectivity index (χ1) is 8.33. The van der Waals surface area contributed by atoms with Gasteiger partial charge in [0.1, 0.15) is 15.6 Å². The van der Waals surface area contributed by atoms with E-state index in [4.69, 9.17) is 9.84 Å². The number of rotatable bonds is 6. The van der Waals surface area contributed by atoms with E-state index in [1.165, 1.54) is 24.9 Å². The lowest BCUT2D eigenvalue weighted by molar-refractivity contribution is 0.0693. The summed E-state index contributed by atoms with van der Waals surface area (Å²) in [4.78, 5) is 11.5. The number of ether oxygens (including phenoxy) is 1. The highest BCUT2D eigenvalue weighted by Gasteiger charge is 2.12. The Labute approximate surface area is 110 Å². The number of hydrogen-bond acceptors (Lipinski definition) is 5. The number of thioether (sulfide) groups is 1. The Bertz CT molecular complexity index is 536. The van der Waals surface area contributed by atoms with Crippen LogP contribution in [0.25, 0.3) is 0 Å². The van der Waals surface area contributed by atoms with Crippen LogP contribution in [-0.4, -0.2) is 44.4 Å². The quantitative estimate of drug-likeness (QED) is 0.800. The summed E-state index contributed by atoms with van der Waals surface area (Å²) in [5, 5.41) is 9.02. The molecule has 0 bridgehead atoms. The van der Waals surface area contributed by atoms with Crippen molar-refractivity contribution < 1.29 is 23.1 Å². The van der Waals surface area contributed by atoms with E-state index in [-0.39, 0.29) is 11.3 Å². The average Bonchev–Trinajstić information content (AvgIpc) is 2.26. The molecule has 0 unspecified atom stereocenters. The fourth-order valence-electron chi connectivity index (χ4n) is 1.23. The van der Waals surface area contributed by atoms with Gasteiger partial charge in [0.25, 0.3) is 0 Å². The Kier molecular flexibility index (Phi) is 5.03. The molecule has 0 spiro atoms. The molecule has 1 N–H and O–H groups in total. The molecule has 0 aromatic heterocycles. The van der Waals surface area contributed by atoms with Crippen molar-refractivity contribution in [3.63, 3.8) is 0 Å². The fraction of sp³-hybridized carbons (Fsp3) is 0.364. The van der Waals surface area contributed by atoms with Gasteiger partial charge in [0.2, 0.25) is 0 Å². The van der Waals surface area contributed by atoms with Gasteiger partial charge in [-0.1, -0.05) is 0 Å². The zero-order valence-electron chi connectivity index (χ0n) is 10.0. The van der Waals surface area contributed by atoms with Gasteiger partial charge in [-0.2, -0.15) is 0 Å². The lowest BCUT2D eigenvalue weighted by Gasteiger charge is -2.07.